The zero-order chi connectivity index (χ0) is 29.1. The van der Waals surface area contributed by atoms with Crippen LogP contribution in [0.5, 0.6) is 0 Å². The molecule has 0 aromatic heterocycles. The highest BCUT2D eigenvalue weighted by Gasteiger charge is 2.85. The van der Waals surface area contributed by atoms with E-state index in [0.717, 1.165) is 4.74 Å². The molecule has 0 radical (unpaired) electrons. The van der Waals surface area contributed by atoms with Crippen molar-refractivity contribution in [3.05, 3.63) is 0 Å². The first kappa shape index (κ1) is 33.4. The molecule has 0 aromatic rings. The highest BCUT2D eigenvalue weighted by molar-refractivity contribution is 7.87. The third kappa shape index (κ3) is 6.05. The summed E-state index contributed by atoms with van der Waals surface area (Å²) in [5.74, 6) is -16.3. The first-order chi connectivity index (χ1) is 14.6. The Hall–Kier alpha value is -1.57. The standard InChI is InChI=1S/C9F20O5S/c10-1(11,3(14,15)16)2(12,13)4(17,18)32-5(19,20)6(21,22)33-7(23,24)8(25,26)34-35(30,31)9(27,28)29. The first-order valence-corrected chi connectivity index (χ1v) is 8.16. The van der Waals surface area contributed by atoms with Crippen LogP contribution >= 0.6 is 0 Å². The minimum Gasteiger partial charge on any atom is -0.243 e. The molecule has 0 saturated heterocycles. The van der Waals surface area contributed by atoms with E-state index in [2.05, 4.69) is 0 Å². The Morgan fingerprint density at radius 1 is 0.400 bits per heavy atom. The van der Waals surface area contributed by atoms with Crippen molar-refractivity contribution in [3.63, 3.8) is 0 Å². The Bertz CT molecular complexity index is 868. The average molecular weight is 600 g/mol. The lowest BCUT2D eigenvalue weighted by molar-refractivity contribution is -0.558. The molecule has 35 heavy (non-hydrogen) atoms. The van der Waals surface area contributed by atoms with Crippen LogP contribution in [-0.2, 0) is 23.8 Å². The Balaban J connectivity index is 6.19. The summed E-state index contributed by atoms with van der Waals surface area (Å²) in [6, 6.07) is 0. The van der Waals surface area contributed by atoms with Crippen molar-refractivity contribution in [2.24, 2.45) is 0 Å². The molecule has 0 aliphatic carbocycles. The molecule has 0 unspecified atom stereocenters. The fraction of sp³-hybridized carbons (Fsp3) is 1.00. The number of ether oxygens (including phenoxy) is 2. The van der Waals surface area contributed by atoms with E-state index in [9.17, 15) is 96.2 Å². The van der Waals surface area contributed by atoms with Gasteiger partial charge < -0.3 is 0 Å². The smallest absolute Gasteiger partial charge is 0.243 e. The lowest BCUT2D eigenvalue weighted by Gasteiger charge is -2.36. The topological polar surface area (TPSA) is 61.8 Å². The molecule has 0 saturated carbocycles. The molecule has 0 spiro atoms. The van der Waals surface area contributed by atoms with Gasteiger partial charge in [0, 0.05) is 0 Å². The van der Waals surface area contributed by atoms with Crippen molar-refractivity contribution in [2.75, 3.05) is 0 Å². The van der Waals surface area contributed by atoms with Crippen molar-refractivity contribution >= 4 is 10.1 Å². The summed E-state index contributed by atoms with van der Waals surface area (Å²) >= 11 is 0. The Morgan fingerprint density at radius 2 is 0.686 bits per heavy atom. The second kappa shape index (κ2) is 8.49. The van der Waals surface area contributed by atoms with Crippen LogP contribution in [0.15, 0.2) is 0 Å². The van der Waals surface area contributed by atoms with E-state index in [1.54, 1.807) is 0 Å². The van der Waals surface area contributed by atoms with Crippen LogP contribution in [0.3, 0.4) is 0 Å². The molecule has 0 bridgehead atoms. The molecule has 0 N–H and O–H groups in total. The van der Waals surface area contributed by atoms with Crippen molar-refractivity contribution in [3.8, 4) is 0 Å². The fourth-order valence-corrected chi connectivity index (χ4v) is 1.63. The summed E-state index contributed by atoms with van der Waals surface area (Å²) in [6.07, 6.45) is -47.2. The van der Waals surface area contributed by atoms with Crippen molar-refractivity contribution in [1.29, 1.82) is 0 Å². The normalized spacial score (nSPS) is 16.6. The summed E-state index contributed by atoms with van der Waals surface area (Å²) in [6.45, 7) is 0. The van der Waals surface area contributed by atoms with Crippen LogP contribution < -0.4 is 0 Å². The molecule has 0 fully saturated rings. The maximum Gasteiger partial charge on any atom is 0.523 e. The summed E-state index contributed by atoms with van der Waals surface area (Å²) < 4.78 is 275. The van der Waals surface area contributed by atoms with E-state index in [4.69, 9.17) is 0 Å². The number of halogens is 20. The van der Waals surface area contributed by atoms with Gasteiger partial charge in [-0.1, -0.05) is 0 Å². The quantitative estimate of drug-likeness (QED) is 0.184. The molecule has 5 nitrogen and oxygen atoms in total. The highest BCUT2D eigenvalue weighted by Crippen LogP contribution is 2.56. The van der Waals surface area contributed by atoms with Gasteiger partial charge in [-0.3, -0.25) is 0 Å². The fourth-order valence-electron chi connectivity index (χ4n) is 1.16. The van der Waals surface area contributed by atoms with Gasteiger partial charge in [0.1, 0.15) is 0 Å². The number of hydrogen-bond donors (Lipinski definition) is 0. The van der Waals surface area contributed by atoms with Gasteiger partial charge in [-0.15, -0.1) is 0 Å². The molecular formula is C9F20O5S. The van der Waals surface area contributed by atoms with Gasteiger partial charge in [0.15, 0.2) is 0 Å². The SMILES string of the molecule is O=S(=O)(OC(F)(F)C(F)(F)OC(F)(F)C(F)(F)OC(F)(F)C(F)(F)C(F)(F)C(F)(F)F)C(F)(F)F. The molecule has 0 aliphatic heterocycles. The van der Waals surface area contributed by atoms with Crippen molar-refractivity contribution in [1.82, 2.24) is 0 Å². The third-order valence-corrected chi connectivity index (χ3v) is 3.80. The van der Waals surface area contributed by atoms with Gasteiger partial charge in [0.05, 0.1) is 0 Å². The second-order valence-electron chi connectivity index (χ2n) is 5.42. The second-order valence-corrected chi connectivity index (χ2v) is 6.96. The van der Waals surface area contributed by atoms with Crippen molar-refractivity contribution < 1.29 is 110 Å². The Labute approximate surface area is 175 Å². The molecule has 0 amide bonds. The molecule has 26 heteroatoms. The summed E-state index contributed by atoms with van der Waals surface area (Å²) in [5.41, 5.74) is -7.03. The van der Waals surface area contributed by atoms with Crippen LogP contribution in [0.1, 0.15) is 0 Å². The third-order valence-electron chi connectivity index (χ3n) is 2.80. The Kier molecular flexibility index (Phi) is 8.11. The van der Waals surface area contributed by atoms with Gasteiger partial charge in [-0.05, 0) is 0 Å². The maximum atomic E-state index is 13.0. The molecule has 0 heterocycles. The van der Waals surface area contributed by atoms with Crippen LogP contribution in [0.4, 0.5) is 87.8 Å². The van der Waals surface area contributed by atoms with E-state index in [-0.39, 0.29) is 0 Å². The zero-order valence-electron chi connectivity index (χ0n) is 14.5. The number of hydrogen-bond acceptors (Lipinski definition) is 5. The largest absolute Gasteiger partial charge is 0.523 e. The maximum absolute atomic E-state index is 13.0. The minimum absolute atomic E-state index is 1.06. The summed E-state index contributed by atoms with van der Waals surface area (Å²) in [4.78, 5) is 0. The molecule has 0 aromatic carbocycles. The number of alkyl halides is 20. The van der Waals surface area contributed by atoms with E-state index in [0.29, 0.717) is 0 Å². The van der Waals surface area contributed by atoms with E-state index in [1.165, 1.54) is 8.92 Å². The molecule has 0 rings (SSSR count). The zero-order valence-corrected chi connectivity index (χ0v) is 15.3. The summed E-state index contributed by atoms with van der Waals surface area (Å²) in [5, 5.41) is 0. The number of rotatable bonds is 10. The lowest BCUT2D eigenvalue weighted by atomic mass is 10.1. The minimum atomic E-state index is -8.26. The summed E-state index contributed by atoms with van der Waals surface area (Å²) in [7, 11) is -7.89. The Morgan fingerprint density at radius 3 is 0.971 bits per heavy atom. The monoisotopic (exact) mass is 600 g/mol. The van der Waals surface area contributed by atoms with Crippen LogP contribution in [0, 0.1) is 0 Å². The van der Waals surface area contributed by atoms with Crippen LogP contribution in [-0.4, -0.2) is 62.5 Å². The van der Waals surface area contributed by atoms with Gasteiger partial charge in [0.25, 0.3) is 0 Å². The van der Waals surface area contributed by atoms with Crippen LogP contribution in [0.2, 0.25) is 0 Å². The average Bonchev–Trinajstić information content (AvgIpc) is 2.48. The van der Waals surface area contributed by atoms with Gasteiger partial charge >= 0.3 is 64.2 Å². The van der Waals surface area contributed by atoms with E-state index >= 15 is 0 Å². The van der Waals surface area contributed by atoms with Gasteiger partial charge in [-0.25, -0.2) is 9.47 Å². The van der Waals surface area contributed by atoms with Crippen molar-refractivity contribution in [2.45, 2.75) is 54.1 Å². The molecule has 0 aliphatic rings. The molecular weight excluding hydrogens is 600 g/mol. The lowest BCUT2D eigenvalue weighted by Crippen LogP contribution is -2.65. The first-order valence-electron chi connectivity index (χ1n) is 6.75. The van der Waals surface area contributed by atoms with E-state index in [1.807, 2.05) is 0 Å². The van der Waals surface area contributed by atoms with Gasteiger partial charge in [-0.2, -0.15) is 100 Å². The predicted octanol–water partition coefficient (Wildman–Crippen LogP) is 5.68. The van der Waals surface area contributed by atoms with Gasteiger partial charge in [0.2, 0.25) is 0 Å². The van der Waals surface area contributed by atoms with Crippen LogP contribution in [0.25, 0.3) is 0 Å². The highest BCUT2D eigenvalue weighted by atomic mass is 32.2. The predicted molar refractivity (Wildman–Crippen MR) is 58.9 cm³/mol. The molecule has 212 valence electrons. The molecule has 0 atom stereocenters. The van der Waals surface area contributed by atoms with E-state index < -0.39 is 64.2 Å².